The molecule has 3 atom stereocenters. The third-order valence-corrected chi connectivity index (χ3v) is 6.13. The van der Waals surface area contributed by atoms with E-state index in [2.05, 4.69) is 30.2 Å². The summed E-state index contributed by atoms with van der Waals surface area (Å²) >= 11 is 0. The number of ether oxygens (including phenoxy) is 2. The Balaban J connectivity index is 1.26. The van der Waals surface area contributed by atoms with E-state index in [1.165, 1.54) is 19.4 Å². The summed E-state index contributed by atoms with van der Waals surface area (Å²) in [5.74, 6) is 0.955. The summed E-state index contributed by atoms with van der Waals surface area (Å²) in [6.07, 6.45) is 3.56. The average molecular weight is 424 g/mol. The van der Waals surface area contributed by atoms with Gasteiger partial charge in [0.1, 0.15) is 5.75 Å². The van der Waals surface area contributed by atoms with Crippen LogP contribution in [0, 0.1) is 0 Å². The number of hydrogen-bond acceptors (Lipinski definition) is 5. The standard InChI is InChI=1S/C21H31F2N5O2/c1-24-21(25-11-17-13-27-9-4-5-16(27)14-29-17)26-15-8-10-28(12-15)18-6-2-3-7-19(18)30-20(22)23/h2-3,6-7,15-17,20H,4-5,8-14H2,1H3,(H2,24,25,26). The van der Waals surface area contributed by atoms with Gasteiger partial charge in [-0.05, 0) is 37.9 Å². The number of morpholine rings is 1. The van der Waals surface area contributed by atoms with Gasteiger partial charge in [0.2, 0.25) is 0 Å². The molecule has 0 radical (unpaired) electrons. The zero-order chi connectivity index (χ0) is 20.9. The second-order valence-electron chi connectivity index (χ2n) is 8.12. The van der Waals surface area contributed by atoms with Crippen molar-refractivity contribution in [1.82, 2.24) is 15.5 Å². The third kappa shape index (κ3) is 5.13. The molecule has 3 heterocycles. The maximum absolute atomic E-state index is 12.7. The molecular formula is C21H31F2N5O2. The number of benzene rings is 1. The zero-order valence-corrected chi connectivity index (χ0v) is 17.4. The summed E-state index contributed by atoms with van der Waals surface area (Å²) in [7, 11) is 1.76. The van der Waals surface area contributed by atoms with E-state index in [1.807, 2.05) is 12.1 Å². The number of fused-ring (bicyclic) bond motifs is 1. The van der Waals surface area contributed by atoms with Gasteiger partial charge in [-0.25, -0.2) is 0 Å². The fourth-order valence-corrected chi connectivity index (χ4v) is 4.62. The first-order valence-electron chi connectivity index (χ1n) is 10.7. The Morgan fingerprint density at radius 3 is 2.97 bits per heavy atom. The van der Waals surface area contributed by atoms with Crippen molar-refractivity contribution >= 4 is 11.6 Å². The molecule has 0 spiro atoms. The Bertz CT molecular complexity index is 735. The minimum Gasteiger partial charge on any atom is -0.433 e. The maximum Gasteiger partial charge on any atom is 0.387 e. The monoisotopic (exact) mass is 423 g/mol. The summed E-state index contributed by atoms with van der Waals surface area (Å²) in [4.78, 5) is 8.94. The Labute approximate surface area is 176 Å². The van der Waals surface area contributed by atoms with Crippen LogP contribution in [0.4, 0.5) is 14.5 Å². The topological polar surface area (TPSA) is 61.4 Å². The molecule has 30 heavy (non-hydrogen) atoms. The van der Waals surface area contributed by atoms with Crippen LogP contribution in [-0.4, -0.2) is 82.0 Å². The van der Waals surface area contributed by atoms with E-state index < -0.39 is 6.61 Å². The molecule has 0 amide bonds. The first-order chi connectivity index (χ1) is 14.6. The molecule has 3 aliphatic heterocycles. The molecule has 7 nitrogen and oxygen atoms in total. The normalized spacial score (nSPS) is 27.4. The van der Waals surface area contributed by atoms with Crippen LogP contribution in [0.15, 0.2) is 29.3 Å². The van der Waals surface area contributed by atoms with Gasteiger partial charge in [0.15, 0.2) is 5.96 Å². The van der Waals surface area contributed by atoms with Crippen LogP contribution in [0.1, 0.15) is 19.3 Å². The number of anilines is 1. The van der Waals surface area contributed by atoms with Crippen LogP contribution >= 0.6 is 0 Å². The number of alkyl halides is 2. The van der Waals surface area contributed by atoms with Gasteiger partial charge in [-0.3, -0.25) is 9.89 Å². The van der Waals surface area contributed by atoms with Crippen LogP contribution in [0.2, 0.25) is 0 Å². The Kier molecular flexibility index (Phi) is 6.89. The molecule has 0 bridgehead atoms. The van der Waals surface area contributed by atoms with Crippen molar-refractivity contribution in [3.8, 4) is 5.75 Å². The van der Waals surface area contributed by atoms with Crippen molar-refractivity contribution in [2.45, 2.75) is 44.1 Å². The van der Waals surface area contributed by atoms with Crippen LogP contribution in [0.3, 0.4) is 0 Å². The molecule has 2 N–H and O–H groups in total. The number of hydrogen-bond donors (Lipinski definition) is 2. The highest BCUT2D eigenvalue weighted by Crippen LogP contribution is 2.31. The predicted molar refractivity (Wildman–Crippen MR) is 113 cm³/mol. The lowest BCUT2D eigenvalue weighted by Gasteiger charge is -2.35. The van der Waals surface area contributed by atoms with Gasteiger partial charge in [-0.15, -0.1) is 0 Å². The summed E-state index contributed by atoms with van der Waals surface area (Å²) in [5.41, 5.74) is 0.695. The van der Waals surface area contributed by atoms with E-state index in [0.717, 1.165) is 32.1 Å². The number of para-hydroxylation sites is 2. The minimum atomic E-state index is -2.83. The van der Waals surface area contributed by atoms with Gasteiger partial charge >= 0.3 is 6.61 Å². The second-order valence-corrected chi connectivity index (χ2v) is 8.12. The van der Waals surface area contributed by atoms with E-state index in [0.29, 0.717) is 24.8 Å². The summed E-state index contributed by atoms with van der Waals surface area (Å²) in [5, 5.41) is 6.83. The Hall–Kier alpha value is -2.13. The van der Waals surface area contributed by atoms with E-state index in [4.69, 9.17) is 4.74 Å². The molecule has 3 unspecified atom stereocenters. The second kappa shape index (κ2) is 9.78. The molecule has 0 saturated carbocycles. The number of guanidine groups is 1. The number of halogens is 2. The largest absolute Gasteiger partial charge is 0.433 e. The predicted octanol–water partition coefficient (Wildman–Crippen LogP) is 1.89. The first kappa shape index (κ1) is 21.1. The van der Waals surface area contributed by atoms with Crippen molar-refractivity contribution in [1.29, 1.82) is 0 Å². The quantitative estimate of drug-likeness (QED) is 0.538. The summed E-state index contributed by atoms with van der Waals surface area (Å²) in [6.45, 7) is 2.29. The summed E-state index contributed by atoms with van der Waals surface area (Å²) in [6, 6.07) is 7.71. The van der Waals surface area contributed by atoms with Gasteiger partial charge in [0, 0.05) is 45.3 Å². The minimum absolute atomic E-state index is 0.163. The molecular weight excluding hydrogens is 392 g/mol. The maximum atomic E-state index is 12.7. The van der Waals surface area contributed by atoms with E-state index in [9.17, 15) is 8.78 Å². The molecule has 1 aromatic carbocycles. The van der Waals surface area contributed by atoms with Crippen LogP contribution < -0.4 is 20.3 Å². The van der Waals surface area contributed by atoms with Crippen LogP contribution in [-0.2, 0) is 4.74 Å². The molecule has 3 aliphatic rings. The van der Waals surface area contributed by atoms with Gasteiger partial charge in [-0.2, -0.15) is 8.78 Å². The fraction of sp³-hybridized carbons (Fsp3) is 0.667. The van der Waals surface area contributed by atoms with E-state index in [-0.39, 0.29) is 17.9 Å². The van der Waals surface area contributed by atoms with Gasteiger partial charge in [-0.1, -0.05) is 12.1 Å². The van der Waals surface area contributed by atoms with Crippen molar-refractivity contribution in [3.63, 3.8) is 0 Å². The van der Waals surface area contributed by atoms with Crippen molar-refractivity contribution in [2.24, 2.45) is 4.99 Å². The molecule has 1 aromatic rings. The Morgan fingerprint density at radius 2 is 2.13 bits per heavy atom. The zero-order valence-electron chi connectivity index (χ0n) is 17.4. The van der Waals surface area contributed by atoms with Crippen molar-refractivity contribution in [3.05, 3.63) is 24.3 Å². The molecule has 4 rings (SSSR count). The van der Waals surface area contributed by atoms with Crippen molar-refractivity contribution < 1.29 is 18.3 Å². The highest BCUT2D eigenvalue weighted by Gasteiger charge is 2.32. The summed E-state index contributed by atoms with van der Waals surface area (Å²) < 4.78 is 36.1. The third-order valence-electron chi connectivity index (χ3n) is 6.13. The molecule has 9 heteroatoms. The van der Waals surface area contributed by atoms with Crippen LogP contribution in [0.25, 0.3) is 0 Å². The molecule has 3 saturated heterocycles. The molecule has 166 valence electrons. The lowest BCUT2D eigenvalue weighted by atomic mass is 10.2. The van der Waals surface area contributed by atoms with Crippen LogP contribution in [0.5, 0.6) is 5.75 Å². The lowest BCUT2D eigenvalue weighted by Crippen LogP contribution is -2.52. The molecule has 3 fully saturated rings. The highest BCUT2D eigenvalue weighted by molar-refractivity contribution is 5.80. The van der Waals surface area contributed by atoms with E-state index in [1.54, 1.807) is 19.2 Å². The average Bonchev–Trinajstić information content (AvgIpc) is 3.40. The smallest absolute Gasteiger partial charge is 0.387 e. The lowest BCUT2D eigenvalue weighted by molar-refractivity contribution is -0.0495. The molecule has 0 aliphatic carbocycles. The van der Waals surface area contributed by atoms with Gasteiger partial charge in [0.05, 0.1) is 18.4 Å². The SMILES string of the molecule is CN=C(NCC1CN2CCCC2CO1)NC1CCN(c2ccccc2OC(F)F)C1. The number of nitrogens with one attached hydrogen (secondary N) is 2. The van der Waals surface area contributed by atoms with Gasteiger partial charge in [0.25, 0.3) is 0 Å². The van der Waals surface area contributed by atoms with E-state index >= 15 is 0 Å². The first-order valence-corrected chi connectivity index (χ1v) is 10.7. The highest BCUT2D eigenvalue weighted by atomic mass is 19.3. The van der Waals surface area contributed by atoms with Crippen molar-refractivity contribution in [2.75, 3.05) is 51.3 Å². The number of nitrogens with zero attached hydrogens (tertiary/aromatic N) is 3. The molecule has 0 aromatic heterocycles. The fourth-order valence-electron chi connectivity index (χ4n) is 4.62. The van der Waals surface area contributed by atoms with Gasteiger partial charge < -0.3 is 25.0 Å². The Morgan fingerprint density at radius 1 is 1.27 bits per heavy atom. The number of rotatable bonds is 6. The number of aliphatic imine (C=N–C) groups is 1.